The smallest absolute Gasteiger partial charge is 0.270 e. The summed E-state index contributed by atoms with van der Waals surface area (Å²) < 4.78 is 0. The summed E-state index contributed by atoms with van der Waals surface area (Å²) in [5, 5.41) is 36.9. The van der Waals surface area contributed by atoms with E-state index in [1.807, 2.05) is 66.7 Å². The first-order valence-corrected chi connectivity index (χ1v) is 11.9. The van der Waals surface area contributed by atoms with Crippen LogP contribution in [0.15, 0.2) is 95.1 Å². The van der Waals surface area contributed by atoms with Gasteiger partial charge in [0.15, 0.2) is 0 Å². The molecule has 37 heavy (non-hydrogen) atoms. The third kappa shape index (κ3) is 6.17. The number of nitrogens with zero attached hydrogens (tertiary/aromatic N) is 4. The quantitative estimate of drug-likeness (QED) is 0.159. The van der Waals surface area contributed by atoms with E-state index >= 15 is 0 Å². The predicted molar refractivity (Wildman–Crippen MR) is 139 cm³/mol. The molecule has 4 aromatic rings. The molecule has 9 nitrogen and oxygen atoms in total. The summed E-state index contributed by atoms with van der Waals surface area (Å²) in [5.41, 5.74) is 5.43. The van der Waals surface area contributed by atoms with E-state index in [1.165, 1.54) is 0 Å². The summed E-state index contributed by atoms with van der Waals surface area (Å²) in [6, 6.07) is 26.3. The average Bonchev–Trinajstić information content (AvgIpc) is 2.93. The third-order valence-electron chi connectivity index (χ3n) is 5.19. The molecule has 0 fully saturated rings. The van der Waals surface area contributed by atoms with Gasteiger partial charge in [0.1, 0.15) is 11.1 Å². The maximum atomic E-state index is 12.4. The Morgan fingerprint density at radius 3 is 2.38 bits per heavy atom. The zero-order valence-corrected chi connectivity index (χ0v) is 20.0. The predicted octanol–water partition coefficient (Wildman–Crippen LogP) is 4.51. The molecular weight excluding hydrogens is 490 g/mol. The first-order valence-electron chi connectivity index (χ1n) is 10.9. The minimum absolute atomic E-state index is 0.0290. The van der Waals surface area contributed by atoms with Crippen LogP contribution in [0.25, 0.3) is 22.4 Å². The number of amides is 1. The Bertz CT molecular complexity index is 1520. The van der Waals surface area contributed by atoms with E-state index in [0.29, 0.717) is 21.8 Å². The van der Waals surface area contributed by atoms with E-state index in [9.17, 15) is 25.3 Å². The number of aromatic nitrogens is 1. The Morgan fingerprint density at radius 2 is 1.73 bits per heavy atom. The molecule has 10 heteroatoms. The Labute approximate surface area is 216 Å². The van der Waals surface area contributed by atoms with Crippen LogP contribution in [-0.2, 0) is 4.79 Å². The summed E-state index contributed by atoms with van der Waals surface area (Å²) in [7, 11) is 0. The molecule has 0 spiro atoms. The number of nitriles is 1. The number of nitro groups is 1. The fourth-order valence-corrected chi connectivity index (χ4v) is 4.22. The summed E-state index contributed by atoms with van der Waals surface area (Å²) in [5.74, 6) is -1.08. The summed E-state index contributed by atoms with van der Waals surface area (Å²) in [4.78, 5) is 27.4. The Balaban J connectivity index is 1.56. The van der Waals surface area contributed by atoms with Crippen molar-refractivity contribution in [3.8, 4) is 34.2 Å². The fourth-order valence-electron chi connectivity index (χ4n) is 3.43. The lowest BCUT2D eigenvalue weighted by molar-refractivity contribution is -0.385. The highest BCUT2D eigenvalue weighted by atomic mass is 32.2. The van der Waals surface area contributed by atoms with Crippen molar-refractivity contribution < 1.29 is 14.8 Å². The number of benzene rings is 3. The molecule has 182 valence electrons. The Hall–Kier alpha value is -5.01. The second-order valence-corrected chi connectivity index (χ2v) is 8.60. The van der Waals surface area contributed by atoms with E-state index in [2.05, 4.69) is 21.6 Å². The summed E-state index contributed by atoms with van der Waals surface area (Å²) in [6.07, 6.45) is 1.06. The number of hydrogen-bond acceptors (Lipinski definition) is 8. The van der Waals surface area contributed by atoms with Gasteiger partial charge >= 0.3 is 0 Å². The van der Waals surface area contributed by atoms with Gasteiger partial charge in [-0.1, -0.05) is 84.2 Å². The van der Waals surface area contributed by atoms with Crippen LogP contribution in [0.1, 0.15) is 11.1 Å². The maximum Gasteiger partial charge on any atom is 0.270 e. The largest absolute Gasteiger partial charge is 0.872 e. The van der Waals surface area contributed by atoms with Gasteiger partial charge in [-0.2, -0.15) is 10.4 Å². The number of hydrazone groups is 1. The van der Waals surface area contributed by atoms with Crippen LogP contribution in [0.5, 0.6) is 5.75 Å². The van der Waals surface area contributed by atoms with Crippen molar-refractivity contribution in [2.24, 2.45) is 5.10 Å². The monoisotopic (exact) mass is 508 g/mol. The Morgan fingerprint density at radius 1 is 1.05 bits per heavy atom. The molecular formula is C27H18N5O4S-. The summed E-state index contributed by atoms with van der Waals surface area (Å²) in [6.45, 7) is 0. The number of carbonyl (C=O) groups excluding carboxylic acids is 1. The first-order chi connectivity index (χ1) is 18.0. The van der Waals surface area contributed by atoms with Crippen molar-refractivity contribution in [1.82, 2.24) is 10.4 Å². The topological polar surface area (TPSA) is 144 Å². The van der Waals surface area contributed by atoms with Crippen LogP contribution in [-0.4, -0.2) is 27.8 Å². The van der Waals surface area contributed by atoms with Crippen LogP contribution in [0.3, 0.4) is 0 Å². The molecule has 0 aliphatic carbocycles. The number of thioether (sulfide) groups is 1. The Kier molecular flexibility index (Phi) is 7.88. The van der Waals surface area contributed by atoms with Gasteiger partial charge in [-0.05, 0) is 17.2 Å². The van der Waals surface area contributed by atoms with Gasteiger partial charge in [0, 0.05) is 23.3 Å². The van der Waals surface area contributed by atoms with Gasteiger partial charge in [0.25, 0.3) is 5.69 Å². The van der Waals surface area contributed by atoms with E-state index in [4.69, 9.17) is 0 Å². The molecule has 1 N–H and O–H groups in total. The second-order valence-electron chi connectivity index (χ2n) is 7.64. The number of hydrogen-bond donors (Lipinski definition) is 1. The first kappa shape index (κ1) is 25.1. The number of non-ortho nitro benzene ring substituents is 1. The van der Waals surface area contributed by atoms with Crippen molar-refractivity contribution in [1.29, 1.82) is 5.26 Å². The van der Waals surface area contributed by atoms with Crippen LogP contribution < -0.4 is 10.5 Å². The number of nitro benzene ring substituents is 1. The highest BCUT2D eigenvalue weighted by Crippen LogP contribution is 2.34. The van der Waals surface area contributed by atoms with Gasteiger partial charge in [-0.25, -0.2) is 10.4 Å². The van der Waals surface area contributed by atoms with Gasteiger partial charge in [-0.15, -0.1) is 0 Å². The molecule has 0 bridgehead atoms. The normalized spacial score (nSPS) is 10.7. The minimum Gasteiger partial charge on any atom is -0.872 e. The second kappa shape index (κ2) is 11.6. The van der Waals surface area contributed by atoms with E-state index < -0.39 is 16.6 Å². The molecule has 0 aliphatic heterocycles. The number of pyridine rings is 1. The van der Waals surface area contributed by atoms with Crippen molar-refractivity contribution in [3.63, 3.8) is 0 Å². The molecule has 0 radical (unpaired) electrons. The van der Waals surface area contributed by atoms with Crippen molar-refractivity contribution >= 4 is 29.6 Å². The average molecular weight is 509 g/mol. The lowest BCUT2D eigenvalue weighted by Crippen LogP contribution is -2.20. The molecule has 1 heterocycles. The maximum absolute atomic E-state index is 12.4. The SMILES string of the molecule is N#Cc1c(-c2ccccc2)cc(-c2ccccc2)nc1SCC(=O)NN=Cc1cc([N+](=O)[O-])ccc1[O-]. The molecule has 3 aromatic carbocycles. The lowest BCUT2D eigenvalue weighted by Gasteiger charge is -2.12. The third-order valence-corrected chi connectivity index (χ3v) is 6.16. The van der Waals surface area contributed by atoms with Crippen molar-refractivity contribution in [2.45, 2.75) is 5.03 Å². The van der Waals surface area contributed by atoms with Crippen LogP contribution >= 0.6 is 11.8 Å². The molecule has 0 saturated heterocycles. The zero-order valence-electron chi connectivity index (χ0n) is 19.2. The van der Waals surface area contributed by atoms with Gasteiger partial charge in [0.05, 0.1) is 28.1 Å². The minimum atomic E-state index is -0.626. The molecule has 1 amide bonds. The standard InChI is InChI=1S/C27H19N5O4S/c28-15-23-22(18-7-3-1-4-8-18)14-24(19-9-5-2-6-10-19)30-27(23)37-17-26(34)31-29-16-20-13-21(32(35)36)11-12-25(20)33/h1-14,16,33H,17H2,(H,31,34)/p-1. The fraction of sp³-hybridized carbons (Fsp3) is 0.0370. The molecule has 0 atom stereocenters. The van der Waals surface area contributed by atoms with Crippen LogP contribution in [0, 0.1) is 21.4 Å². The molecule has 4 rings (SSSR count). The highest BCUT2D eigenvalue weighted by Gasteiger charge is 2.17. The number of carbonyl (C=O) groups is 1. The van der Waals surface area contributed by atoms with Crippen molar-refractivity contribution in [3.05, 3.63) is 106 Å². The van der Waals surface area contributed by atoms with Gasteiger partial charge in [-0.3, -0.25) is 14.9 Å². The molecule has 0 saturated carbocycles. The molecule has 0 unspecified atom stereocenters. The van der Waals surface area contributed by atoms with E-state index in [0.717, 1.165) is 47.3 Å². The zero-order chi connectivity index (χ0) is 26.2. The van der Waals surface area contributed by atoms with E-state index in [-0.39, 0.29) is 17.0 Å². The van der Waals surface area contributed by atoms with E-state index in [1.54, 1.807) is 0 Å². The van der Waals surface area contributed by atoms with Gasteiger partial charge < -0.3 is 5.11 Å². The summed E-state index contributed by atoms with van der Waals surface area (Å²) >= 11 is 1.08. The van der Waals surface area contributed by atoms with Gasteiger partial charge in [0.2, 0.25) is 5.91 Å². The lowest BCUT2D eigenvalue weighted by atomic mass is 9.99. The number of nitrogens with one attached hydrogen (secondary N) is 1. The molecule has 0 aliphatic rings. The number of rotatable bonds is 8. The molecule has 1 aromatic heterocycles. The van der Waals surface area contributed by atoms with Crippen LogP contribution in [0.4, 0.5) is 5.69 Å². The van der Waals surface area contributed by atoms with Crippen molar-refractivity contribution in [2.75, 3.05) is 5.75 Å². The van der Waals surface area contributed by atoms with Crippen LogP contribution in [0.2, 0.25) is 0 Å². The highest BCUT2D eigenvalue weighted by molar-refractivity contribution is 8.00.